The lowest BCUT2D eigenvalue weighted by molar-refractivity contribution is 0.102. The van der Waals surface area contributed by atoms with Crippen molar-refractivity contribution in [3.05, 3.63) is 65.4 Å². The van der Waals surface area contributed by atoms with Crippen LogP contribution in [0.1, 0.15) is 10.4 Å². The number of sulfonamides is 1. The Labute approximate surface area is 146 Å². The third kappa shape index (κ3) is 3.98. The van der Waals surface area contributed by atoms with E-state index in [0.717, 1.165) is 35.6 Å². The van der Waals surface area contributed by atoms with E-state index < -0.39 is 21.7 Å². The second-order valence-electron chi connectivity index (χ2n) is 4.80. The molecule has 0 saturated carbocycles. The predicted octanol–water partition coefficient (Wildman–Crippen LogP) is 2.73. The first-order valence-electron chi connectivity index (χ1n) is 6.91. The first kappa shape index (κ1) is 17.0. The summed E-state index contributed by atoms with van der Waals surface area (Å²) < 4.78 is 40.2. The van der Waals surface area contributed by atoms with Gasteiger partial charge in [-0.1, -0.05) is 23.5 Å². The summed E-state index contributed by atoms with van der Waals surface area (Å²) in [7, 11) is -3.97. The van der Waals surface area contributed by atoms with E-state index in [9.17, 15) is 17.6 Å². The molecule has 3 rings (SSSR count). The van der Waals surface area contributed by atoms with Gasteiger partial charge in [0.25, 0.3) is 15.9 Å². The summed E-state index contributed by atoms with van der Waals surface area (Å²) in [5, 5.41) is 10.1. The molecule has 1 heterocycles. The molecule has 2 aromatic carbocycles. The maximum Gasteiger partial charge on any atom is 0.261 e. The van der Waals surface area contributed by atoms with Crippen molar-refractivity contribution in [1.82, 2.24) is 10.2 Å². The number of amides is 1. The lowest BCUT2D eigenvalue weighted by Crippen LogP contribution is -2.18. The van der Waals surface area contributed by atoms with Crippen LogP contribution in [0.3, 0.4) is 0 Å². The van der Waals surface area contributed by atoms with E-state index in [4.69, 9.17) is 0 Å². The van der Waals surface area contributed by atoms with E-state index in [2.05, 4.69) is 20.2 Å². The molecule has 0 bridgehead atoms. The van der Waals surface area contributed by atoms with Crippen LogP contribution in [0, 0.1) is 5.82 Å². The second kappa shape index (κ2) is 6.95. The number of halogens is 1. The number of hydrogen-bond donors (Lipinski definition) is 2. The summed E-state index contributed by atoms with van der Waals surface area (Å²) in [4.78, 5) is 12.2. The summed E-state index contributed by atoms with van der Waals surface area (Å²) in [6, 6.07) is 10.5. The van der Waals surface area contributed by atoms with Crippen LogP contribution in [0.15, 0.2) is 58.9 Å². The monoisotopic (exact) mass is 378 g/mol. The summed E-state index contributed by atoms with van der Waals surface area (Å²) in [5.41, 5.74) is 1.66. The Balaban J connectivity index is 1.88. The maximum absolute atomic E-state index is 13.0. The van der Waals surface area contributed by atoms with Crippen molar-refractivity contribution in [2.24, 2.45) is 0 Å². The van der Waals surface area contributed by atoms with Crippen molar-refractivity contribution in [3.63, 3.8) is 0 Å². The van der Waals surface area contributed by atoms with Crippen molar-refractivity contribution in [2.45, 2.75) is 4.90 Å². The first-order chi connectivity index (χ1) is 12.0. The molecule has 1 amide bonds. The lowest BCUT2D eigenvalue weighted by Gasteiger charge is -2.12. The molecule has 1 aromatic heterocycles. The van der Waals surface area contributed by atoms with Crippen LogP contribution in [0.5, 0.6) is 0 Å². The SMILES string of the molecule is O=C(Nc1nncs1)c1ccccc1NS(=O)(=O)c1ccc(F)cc1. The molecular weight excluding hydrogens is 367 g/mol. The number of carbonyl (C=O) groups excluding carboxylic acids is 1. The molecule has 0 fully saturated rings. The van der Waals surface area contributed by atoms with Crippen molar-refractivity contribution < 1.29 is 17.6 Å². The average molecular weight is 378 g/mol. The number of nitrogens with zero attached hydrogens (tertiary/aromatic N) is 2. The van der Waals surface area contributed by atoms with Gasteiger partial charge in [0.1, 0.15) is 11.3 Å². The third-order valence-corrected chi connectivity index (χ3v) is 5.11. The Bertz CT molecular complexity index is 990. The van der Waals surface area contributed by atoms with Gasteiger partial charge in [-0.3, -0.25) is 14.8 Å². The molecule has 0 saturated heterocycles. The molecule has 0 unspecified atom stereocenters. The molecule has 0 radical (unpaired) electrons. The van der Waals surface area contributed by atoms with E-state index in [1.54, 1.807) is 12.1 Å². The lowest BCUT2D eigenvalue weighted by atomic mass is 10.2. The van der Waals surface area contributed by atoms with E-state index >= 15 is 0 Å². The van der Waals surface area contributed by atoms with Crippen LogP contribution >= 0.6 is 11.3 Å². The summed E-state index contributed by atoms with van der Waals surface area (Å²) in [5.74, 6) is -1.08. The van der Waals surface area contributed by atoms with E-state index in [-0.39, 0.29) is 16.1 Å². The van der Waals surface area contributed by atoms with Crippen LogP contribution in [-0.4, -0.2) is 24.5 Å². The molecule has 3 aromatic rings. The highest BCUT2D eigenvalue weighted by Crippen LogP contribution is 2.22. The Hall–Kier alpha value is -2.85. The number of hydrogen-bond acceptors (Lipinski definition) is 6. The van der Waals surface area contributed by atoms with Crippen LogP contribution in [0.4, 0.5) is 15.2 Å². The minimum Gasteiger partial charge on any atom is -0.296 e. The number of para-hydroxylation sites is 1. The molecule has 0 aliphatic rings. The Kier molecular flexibility index (Phi) is 4.72. The number of aromatic nitrogens is 2. The Morgan fingerprint density at radius 3 is 2.48 bits per heavy atom. The number of anilines is 2. The van der Waals surface area contributed by atoms with Gasteiger partial charge in [0.05, 0.1) is 16.1 Å². The van der Waals surface area contributed by atoms with Crippen LogP contribution < -0.4 is 10.0 Å². The highest BCUT2D eigenvalue weighted by molar-refractivity contribution is 7.92. The quantitative estimate of drug-likeness (QED) is 0.711. The normalized spacial score (nSPS) is 11.1. The van der Waals surface area contributed by atoms with Gasteiger partial charge in [0.2, 0.25) is 5.13 Å². The topological polar surface area (TPSA) is 101 Å². The molecule has 128 valence electrons. The van der Waals surface area contributed by atoms with Crippen LogP contribution in [0.25, 0.3) is 0 Å². The standard InChI is InChI=1S/C15H11FN4O3S2/c16-10-5-7-11(8-6-10)25(22,23)20-13-4-2-1-3-12(13)14(21)18-15-19-17-9-24-15/h1-9,20H,(H,18,19,21). The first-order valence-corrected chi connectivity index (χ1v) is 9.27. The van der Waals surface area contributed by atoms with Gasteiger partial charge in [0, 0.05) is 0 Å². The van der Waals surface area contributed by atoms with Gasteiger partial charge in [-0.25, -0.2) is 12.8 Å². The van der Waals surface area contributed by atoms with E-state index in [1.807, 2.05) is 0 Å². The number of benzene rings is 2. The summed E-state index contributed by atoms with van der Waals surface area (Å²) >= 11 is 1.13. The van der Waals surface area contributed by atoms with Gasteiger partial charge in [0.15, 0.2) is 0 Å². The molecule has 0 aliphatic carbocycles. The molecule has 2 N–H and O–H groups in total. The average Bonchev–Trinajstić information content (AvgIpc) is 3.08. The number of carbonyl (C=O) groups is 1. The fraction of sp³-hybridized carbons (Fsp3) is 0. The molecule has 0 aliphatic heterocycles. The summed E-state index contributed by atoms with van der Waals surface area (Å²) in [6.45, 7) is 0. The Morgan fingerprint density at radius 2 is 1.80 bits per heavy atom. The molecule has 0 spiro atoms. The van der Waals surface area contributed by atoms with Gasteiger partial charge in [-0.05, 0) is 36.4 Å². The maximum atomic E-state index is 13.0. The smallest absolute Gasteiger partial charge is 0.261 e. The van der Waals surface area contributed by atoms with Crippen LogP contribution in [-0.2, 0) is 10.0 Å². The zero-order valence-corrected chi connectivity index (χ0v) is 14.1. The van der Waals surface area contributed by atoms with Crippen molar-refractivity contribution in [3.8, 4) is 0 Å². The molecule has 25 heavy (non-hydrogen) atoms. The van der Waals surface area contributed by atoms with Gasteiger partial charge < -0.3 is 0 Å². The molecular formula is C15H11FN4O3S2. The van der Waals surface area contributed by atoms with Crippen molar-refractivity contribution >= 4 is 38.1 Å². The van der Waals surface area contributed by atoms with Gasteiger partial charge in [-0.15, -0.1) is 10.2 Å². The highest BCUT2D eigenvalue weighted by atomic mass is 32.2. The fourth-order valence-corrected chi connectivity index (χ4v) is 3.50. The van der Waals surface area contributed by atoms with Gasteiger partial charge in [-0.2, -0.15) is 0 Å². The second-order valence-corrected chi connectivity index (χ2v) is 7.32. The summed E-state index contributed by atoms with van der Waals surface area (Å²) in [6.07, 6.45) is 0. The minimum atomic E-state index is -3.97. The zero-order chi connectivity index (χ0) is 17.9. The Morgan fingerprint density at radius 1 is 1.08 bits per heavy atom. The van der Waals surface area contributed by atoms with Crippen LogP contribution in [0.2, 0.25) is 0 Å². The van der Waals surface area contributed by atoms with Crippen molar-refractivity contribution in [2.75, 3.05) is 10.0 Å². The molecule has 10 heteroatoms. The molecule has 0 atom stereocenters. The predicted molar refractivity (Wildman–Crippen MR) is 91.5 cm³/mol. The fourth-order valence-electron chi connectivity index (χ4n) is 1.98. The van der Waals surface area contributed by atoms with Crippen molar-refractivity contribution in [1.29, 1.82) is 0 Å². The van der Waals surface area contributed by atoms with E-state index in [0.29, 0.717) is 5.13 Å². The largest absolute Gasteiger partial charge is 0.296 e. The zero-order valence-electron chi connectivity index (χ0n) is 12.5. The van der Waals surface area contributed by atoms with E-state index in [1.165, 1.54) is 17.6 Å². The third-order valence-electron chi connectivity index (χ3n) is 3.12. The minimum absolute atomic E-state index is 0.0915. The van der Waals surface area contributed by atoms with Gasteiger partial charge >= 0.3 is 0 Å². The number of nitrogens with one attached hydrogen (secondary N) is 2. The number of rotatable bonds is 5. The highest BCUT2D eigenvalue weighted by Gasteiger charge is 2.19. The molecule has 7 nitrogen and oxygen atoms in total.